The number of ketones is 1. The number of rotatable bonds is 5. The molecule has 2 rings (SSSR count). The molecule has 0 atom stereocenters. The van der Waals surface area contributed by atoms with Crippen LogP contribution in [0, 0.1) is 26.7 Å². The molecule has 1 aliphatic rings. The van der Waals surface area contributed by atoms with Crippen LogP contribution in [0.15, 0.2) is 6.07 Å². The van der Waals surface area contributed by atoms with E-state index in [2.05, 4.69) is 26.1 Å². The van der Waals surface area contributed by atoms with Gasteiger partial charge in [-0.15, -0.1) is 0 Å². The number of aryl methyl sites for hydroxylation is 1. The number of ether oxygens (including phenoxy) is 1. The fourth-order valence-electron chi connectivity index (χ4n) is 3.07. The first-order chi connectivity index (χ1) is 10.1. The standard InChI is InChI=1S/C18H27NO2/c1-5-10-21-16-11-12(2)17(14(4)13(16)3)18(20)15-6-8-19-9-7-15/h11,15,19H,5-10H2,1-4H3. The van der Waals surface area contributed by atoms with Crippen molar-refractivity contribution < 1.29 is 9.53 Å². The van der Waals surface area contributed by atoms with Gasteiger partial charge in [-0.1, -0.05) is 6.92 Å². The molecule has 3 heteroatoms. The van der Waals surface area contributed by atoms with Crippen LogP contribution in [-0.2, 0) is 0 Å². The minimum absolute atomic E-state index is 0.172. The molecule has 0 spiro atoms. The Labute approximate surface area is 128 Å². The van der Waals surface area contributed by atoms with E-state index in [0.29, 0.717) is 5.78 Å². The number of hydrogen-bond acceptors (Lipinski definition) is 3. The zero-order valence-corrected chi connectivity index (χ0v) is 13.7. The summed E-state index contributed by atoms with van der Waals surface area (Å²) in [7, 11) is 0. The normalized spacial score (nSPS) is 16.0. The third-order valence-corrected chi connectivity index (χ3v) is 4.47. The first kappa shape index (κ1) is 16.0. The van der Waals surface area contributed by atoms with Crippen molar-refractivity contribution in [1.29, 1.82) is 0 Å². The van der Waals surface area contributed by atoms with Crippen molar-refractivity contribution in [3.8, 4) is 5.75 Å². The van der Waals surface area contributed by atoms with E-state index in [1.54, 1.807) is 0 Å². The Hall–Kier alpha value is -1.35. The summed E-state index contributed by atoms with van der Waals surface area (Å²) in [6, 6.07) is 2.03. The summed E-state index contributed by atoms with van der Waals surface area (Å²) in [4.78, 5) is 12.9. The van der Waals surface area contributed by atoms with Gasteiger partial charge in [0.25, 0.3) is 0 Å². The Kier molecular flexibility index (Phi) is 5.40. The Morgan fingerprint density at radius 1 is 1.24 bits per heavy atom. The molecule has 116 valence electrons. The second-order valence-corrected chi connectivity index (χ2v) is 6.05. The van der Waals surface area contributed by atoms with E-state index in [-0.39, 0.29) is 5.92 Å². The minimum atomic E-state index is 0.172. The van der Waals surface area contributed by atoms with E-state index in [1.165, 1.54) is 0 Å². The van der Waals surface area contributed by atoms with Gasteiger partial charge in [-0.25, -0.2) is 0 Å². The lowest BCUT2D eigenvalue weighted by Gasteiger charge is -2.24. The van der Waals surface area contributed by atoms with Crippen LogP contribution in [0.4, 0.5) is 0 Å². The molecule has 1 fully saturated rings. The summed E-state index contributed by atoms with van der Waals surface area (Å²) < 4.78 is 5.81. The van der Waals surface area contributed by atoms with Crippen LogP contribution in [0.2, 0.25) is 0 Å². The van der Waals surface area contributed by atoms with Gasteiger partial charge in [0.1, 0.15) is 5.75 Å². The zero-order chi connectivity index (χ0) is 15.4. The fraction of sp³-hybridized carbons (Fsp3) is 0.611. The Balaban J connectivity index is 2.31. The van der Waals surface area contributed by atoms with Crippen LogP contribution < -0.4 is 10.1 Å². The SMILES string of the molecule is CCCOc1cc(C)c(C(=O)C2CCNCC2)c(C)c1C. The number of nitrogens with one attached hydrogen (secondary N) is 1. The smallest absolute Gasteiger partial charge is 0.166 e. The first-order valence-corrected chi connectivity index (χ1v) is 8.04. The van der Waals surface area contributed by atoms with Crippen molar-refractivity contribution in [2.24, 2.45) is 5.92 Å². The molecule has 21 heavy (non-hydrogen) atoms. The average Bonchev–Trinajstić information content (AvgIpc) is 2.50. The van der Waals surface area contributed by atoms with Crippen molar-refractivity contribution in [3.05, 3.63) is 28.3 Å². The monoisotopic (exact) mass is 289 g/mol. The van der Waals surface area contributed by atoms with Gasteiger partial charge in [0.2, 0.25) is 0 Å². The van der Waals surface area contributed by atoms with Gasteiger partial charge in [-0.2, -0.15) is 0 Å². The van der Waals surface area contributed by atoms with E-state index < -0.39 is 0 Å². The third kappa shape index (κ3) is 3.46. The highest BCUT2D eigenvalue weighted by Crippen LogP contribution is 2.31. The van der Waals surface area contributed by atoms with E-state index in [9.17, 15) is 4.79 Å². The highest BCUT2D eigenvalue weighted by Gasteiger charge is 2.26. The van der Waals surface area contributed by atoms with E-state index in [0.717, 1.165) is 67.0 Å². The van der Waals surface area contributed by atoms with Gasteiger partial charge in [-0.05, 0) is 75.9 Å². The quantitative estimate of drug-likeness (QED) is 0.842. The summed E-state index contributed by atoms with van der Waals surface area (Å²) in [6.07, 6.45) is 2.89. The van der Waals surface area contributed by atoms with Gasteiger partial charge in [0, 0.05) is 11.5 Å². The summed E-state index contributed by atoms with van der Waals surface area (Å²) >= 11 is 0. The average molecular weight is 289 g/mol. The molecule has 1 saturated heterocycles. The lowest BCUT2D eigenvalue weighted by Crippen LogP contribution is -2.32. The predicted molar refractivity (Wildman–Crippen MR) is 86.4 cm³/mol. The van der Waals surface area contributed by atoms with Crippen molar-refractivity contribution in [2.45, 2.75) is 47.0 Å². The number of carbonyl (C=O) groups excluding carboxylic acids is 1. The highest BCUT2D eigenvalue weighted by molar-refractivity contribution is 6.01. The van der Waals surface area contributed by atoms with Gasteiger partial charge < -0.3 is 10.1 Å². The van der Waals surface area contributed by atoms with Crippen molar-refractivity contribution in [3.63, 3.8) is 0 Å². The van der Waals surface area contributed by atoms with Crippen LogP contribution in [0.3, 0.4) is 0 Å². The highest BCUT2D eigenvalue weighted by atomic mass is 16.5. The van der Waals surface area contributed by atoms with Crippen molar-refractivity contribution in [1.82, 2.24) is 5.32 Å². The molecule has 0 aliphatic carbocycles. The van der Waals surface area contributed by atoms with Gasteiger partial charge in [-0.3, -0.25) is 4.79 Å². The molecule has 1 N–H and O–H groups in total. The second kappa shape index (κ2) is 7.08. The van der Waals surface area contributed by atoms with E-state index >= 15 is 0 Å². The van der Waals surface area contributed by atoms with Crippen LogP contribution in [0.5, 0.6) is 5.75 Å². The summed E-state index contributed by atoms with van der Waals surface area (Å²) in [6.45, 7) is 10.9. The summed E-state index contributed by atoms with van der Waals surface area (Å²) in [5, 5.41) is 3.32. The Morgan fingerprint density at radius 3 is 2.52 bits per heavy atom. The number of Topliss-reactive ketones (excluding diaryl/α,β-unsaturated/α-hetero) is 1. The van der Waals surface area contributed by atoms with Crippen molar-refractivity contribution in [2.75, 3.05) is 19.7 Å². The van der Waals surface area contributed by atoms with E-state index in [1.807, 2.05) is 13.0 Å². The fourth-order valence-corrected chi connectivity index (χ4v) is 3.07. The molecule has 0 saturated carbocycles. The molecule has 1 aromatic carbocycles. The molecule has 0 radical (unpaired) electrons. The third-order valence-electron chi connectivity index (χ3n) is 4.47. The summed E-state index contributed by atoms with van der Waals surface area (Å²) in [5.41, 5.74) is 4.16. The number of carbonyl (C=O) groups is 1. The van der Waals surface area contributed by atoms with E-state index in [4.69, 9.17) is 4.74 Å². The molecule has 1 heterocycles. The largest absolute Gasteiger partial charge is 0.493 e. The molecule has 3 nitrogen and oxygen atoms in total. The maximum atomic E-state index is 12.9. The maximum Gasteiger partial charge on any atom is 0.166 e. The van der Waals surface area contributed by atoms with Crippen LogP contribution in [0.1, 0.15) is 53.2 Å². The molecule has 0 amide bonds. The molecular weight excluding hydrogens is 262 g/mol. The van der Waals surface area contributed by atoms with Gasteiger partial charge in [0.05, 0.1) is 6.61 Å². The van der Waals surface area contributed by atoms with Gasteiger partial charge in [0.15, 0.2) is 5.78 Å². The topological polar surface area (TPSA) is 38.3 Å². The Bertz CT molecular complexity index is 516. The lowest BCUT2D eigenvalue weighted by molar-refractivity contribution is 0.0893. The van der Waals surface area contributed by atoms with Crippen LogP contribution in [0.25, 0.3) is 0 Å². The minimum Gasteiger partial charge on any atom is -0.493 e. The molecule has 1 aliphatic heterocycles. The molecule has 1 aromatic rings. The molecule has 0 bridgehead atoms. The second-order valence-electron chi connectivity index (χ2n) is 6.05. The Morgan fingerprint density at radius 2 is 1.90 bits per heavy atom. The molecular formula is C18H27NO2. The lowest BCUT2D eigenvalue weighted by atomic mass is 9.84. The number of piperidine rings is 1. The van der Waals surface area contributed by atoms with Crippen LogP contribution >= 0.6 is 0 Å². The van der Waals surface area contributed by atoms with Crippen LogP contribution in [-0.4, -0.2) is 25.5 Å². The number of hydrogen-bond donors (Lipinski definition) is 1. The van der Waals surface area contributed by atoms with Gasteiger partial charge >= 0.3 is 0 Å². The predicted octanol–water partition coefficient (Wildman–Crippen LogP) is 3.58. The molecule has 0 aromatic heterocycles. The van der Waals surface area contributed by atoms with Crippen molar-refractivity contribution >= 4 is 5.78 Å². The molecule has 0 unspecified atom stereocenters. The maximum absolute atomic E-state index is 12.9. The first-order valence-electron chi connectivity index (χ1n) is 8.04. The zero-order valence-electron chi connectivity index (χ0n) is 13.7. The number of benzene rings is 1. The summed E-state index contributed by atoms with van der Waals surface area (Å²) in [5.74, 6) is 1.41.